The van der Waals surface area contributed by atoms with Crippen LogP contribution in [-0.2, 0) is 0 Å². The molecule has 3 aliphatic rings. The van der Waals surface area contributed by atoms with E-state index in [-0.39, 0.29) is 0 Å². The van der Waals surface area contributed by atoms with Gasteiger partial charge < -0.3 is 5.32 Å². The average Bonchev–Trinajstić information content (AvgIpc) is 1.92. The molecule has 2 bridgehead atoms. The van der Waals surface area contributed by atoms with E-state index in [9.17, 15) is 0 Å². The van der Waals surface area contributed by atoms with Gasteiger partial charge in [-0.1, -0.05) is 12.2 Å². The SMILES string of the molecule is C1=C[C@@H]2CC[C@H]1CN2. The van der Waals surface area contributed by atoms with E-state index in [0.717, 1.165) is 12.0 Å². The van der Waals surface area contributed by atoms with Crippen LogP contribution in [0.2, 0.25) is 0 Å². The van der Waals surface area contributed by atoms with E-state index in [4.69, 9.17) is 0 Å². The van der Waals surface area contributed by atoms with Crippen LogP contribution < -0.4 is 5.32 Å². The average molecular weight is 109 g/mol. The zero-order valence-electron chi connectivity index (χ0n) is 4.93. The number of fused-ring (bicyclic) bond motifs is 2. The molecule has 2 aliphatic heterocycles. The van der Waals surface area contributed by atoms with Gasteiger partial charge in [-0.05, 0) is 18.8 Å². The highest BCUT2D eigenvalue weighted by Crippen LogP contribution is 2.21. The highest BCUT2D eigenvalue weighted by Gasteiger charge is 2.20. The molecule has 0 saturated carbocycles. The molecule has 0 aromatic heterocycles. The summed E-state index contributed by atoms with van der Waals surface area (Å²) in [5, 5.41) is 3.43. The van der Waals surface area contributed by atoms with Crippen LogP contribution in [0.1, 0.15) is 12.8 Å². The van der Waals surface area contributed by atoms with Gasteiger partial charge in [0.25, 0.3) is 0 Å². The Kier molecular flexibility index (Phi) is 0.908. The summed E-state index contributed by atoms with van der Waals surface area (Å²) in [4.78, 5) is 0. The molecule has 1 saturated heterocycles. The lowest BCUT2D eigenvalue weighted by Crippen LogP contribution is -2.40. The Morgan fingerprint density at radius 2 is 2.25 bits per heavy atom. The zero-order valence-corrected chi connectivity index (χ0v) is 4.93. The van der Waals surface area contributed by atoms with Crippen LogP contribution in [0, 0.1) is 5.92 Å². The summed E-state index contributed by atoms with van der Waals surface area (Å²) >= 11 is 0. The lowest BCUT2D eigenvalue weighted by molar-refractivity contribution is 0.363. The number of hydrogen-bond acceptors (Lipinski definition) is 1. The van der Waals surface area contributed by atoms with E-state index < -0.39 is 0 Å². The smallest absolute Gasteiger partial charge is 0.0250 e. The minimum Gasteiger partial charge on any atom is -0.310 e. The van der Waals surface area contributed by atoms with Crippen molar-refractivity contribution in [3.8, 4) is 0 Å². The van der Waals surface area contributed by atoms with Crippen molar-refractivity contribution < 1.29 is 0 Å². The van der Waals surface area contributed by atoms with Crippen molar-refractivity contribution in [2.75, 3.05) is 6.54 Å². The van der Waals surface area contributed by atoms with Crippen LogP contribution in [0.15, 0.2) is 12.2 Å². The Morgan fingerprint density at radius 1 is 1.25 bits per heavy atom. The fraction of sp³-hybridized carbons (Fsp3) is 0.714. The van der Waals surface area contributed by atoms with Crippen molar-refractivity contribution >= 4 is 0 Å². The van der Waals surface area contributed by atoms with Crippen molar-refractivity contribution in [3.63, 3.8) is 0 Å². The fourth-order valence-corrected chi connectivity index (χ4v) is 1.52. The highest BCUT2D eigenvalue weighted by molar-refractivity contribution is 5.06. The molecule has 0 aromatic carbocycles. The van der Waals surface area contributed by atoms with Gasteiger partial charge in [0, 0.05) is 12.6 Å². The number of nitrogens with one attached hydrogen (secondary N) is 1. The summed E-state index contributed by atoms with van der Waals surface area (Å²) in [6.07, 6.45) is 7.43. The Balaban J connectivity index is 2.20. The molecule has 8 heavy (non-hydrogen) atoms. The third-order valence-corrected chi connectivity index (χ3v) is 2.11. The minimum absolute atomic E-state index is 0.722. The largest absolute Gasteiger partial charge is 0.310 e. The summed E-state index contributed by atoms with van der Waals surface area (Å²) in [6.45, 7) is 1.22. The first-order valence-electron chi connectivity index (χ1n) is 3.37. The van der Waals surface area contributed by atoms with Crippen molar-refractivity contribution in [1.82, 2.24) is 5.32 Å². The van der Waals surface area contributed by atoms with E-state index >= 15 is 0 Å². The van der Waals surface area contributed by atoms with Crippen LogP contribution in [0.25, 0.3) is 0 Å². The van der Waals surface area contributed by atoms with Gasteiger partial charge in [0.2, 0.25) is 0 Å². The molecule has 1 aliphatic carbocycles. The second-order valence-corrected chi connectivity index (χ2v) is 2.74. The monoisotopic (exact) mass is 109 g/mol. The van der Waals surface area contributed by atoms with E-state index in [1.807, 2.05) is 0 Å². The van der Waals surface area contributed by atoms with Gasteiger partial charge in [-0.25, -0.2) is 0 Å². The van der Waals surface area contributed by atoms with E-state index in [1.165, 1.54) is 19.4 Å². The quantitative estimate of drug-likeness (QED) is 0.456. The van der Waals surface area contributed by atoms with Gasteiger partial charge in [-0.3, -0.25) is 0 Å². The molecule has 1 nitrogen and oxygen atoms in total. The zero-order chi connectivity index (χ0) is 5.40. The predicted molar refractivity (Wildman–Crippen MR) is 33.7 cm³/mol. The first-order chi connectivity index (χ1) is 3.95. The molecule has 1 N–H and O–H groups in total. The van der Waals surface area contributed by atoms with Gasteiger partial charge in [0.05, 0.1) is 0 Å². The second kappa shape index (κ2) is 1.59. The Morgan fingerprint density at radius 3 is 2.38 bits per heavy atom. The Labute approximate surface area is 49.8 Å². The van der Waals surface area contributed by atoms with Crippen molar-refractivity contribution in [2.45, 2.75) is 18.9 Å². The first-order valence-corrected chi connectivity index (χ1v) is 3.37. The number of piperidine rings is 1. The molecule has 44 valence electrons. The molecule has 0 spiro atoms. The maximum Gasteiger partial charge on any atom is 0.0250 e. The van der Waals surface area contributed by atoms with Crippen LogP contribution in [0.3, 0.4) is 0 Å². The molecular weight excluding hydrogens is 98.1 g/mol. The molecule has 2 atom stereocenters. The van der Waals surface area contributed by atoms with Gasteiger partial charge in [-0.2, -0.15) is 0 Å². The topological polar surface area (TPSA) is 12.0 Å². The molecule has 3 rings (SSSR count). The van der Waals surface area contributed by atoms with Gasteiger partial charge in [0.1, 0.15) is 0 Å². The van der Waals surface area contributed by atoms with E-state index in [0.29, 0.717) is 0 Å². The van der Waals surface area contributed by atoms with Crippen molar-refractivity contribution in [1.29, 1.82) is 0 Å². The molecule has 0 aromatic rings. The minimum atomic E-state index is 0.722. The summed E-state index contributed by atoms with van der Waals surface area (Å²) in [5.41, 5.74) is 0. The Bertz CT molecular complexity index is 95.6. The standard InChI is InChI=1S/C7H11N/c1-3-7-4-2-6(1)5-8-7/h1,3,6-8H,2,4-5H2/t6-,7+/m0/s1. The number of hydrogen-bond donors (Lipinski definition) is 1. The fourth-order valence-electron chi connectivity index (χ4n) is 1.52. The third-order valence-electron chi connectivity index (χ3n) is 2.11. The molecule has 0 radical (unpaired) electrons. The van der Waals surface area contributed by atoms with Gasteiger partial charge in [0.15, 0.2) is 0 Å². The van der Waals surface area contributed by atoms with Gasteiger partial charge in [-0.15, -0.1) is 0 Å². The summed E-state index contributed by atoms with van der Waals surface area (Å²) in [5.74, 6) is 0.861. The third kappa shape index (κ3) is 0.583. The molecule has 2 heterocycles. The molecule has 1 fully saturated rings. The van der Waals surface area contributed by atoms with Crippen LogP contribution >= 0.6 is 0 Å². The lowest BCUT2D eigenvalue weighted by atomic mass is 9.88. The molecule has 0 unspecified atom stereocenters. The van der Waals surface area contributed by atoms with Crippen LogP contribution in [0.5, 0.6) is 0 Å². The van der Waals surface area contributed by atoms with E-state index in [1.54, 1.807) is 0 Å². The summed E-state index contributed by atoms with van der Waals surface area (Å²) in [6, 6.07) is 0.722. The maximum atomic E-state index is 3.43. The Hall–Kier alpha value is -0.300. The van der Waals surface area contributed by atoms with Crippen LogP contribution in [-0.4, -0.2) is 12.6 Å². The highest BCUT2D eigenvalue weighted by atomic mass is 14.9. The molecular formula is C7H11N. The van der Waals surface area contributed by atoms with Crippen LogP contribution in [0.4, 0.5) is 0 Å². The molecule has 1 heteroatoms. The lowest BCUT2D eigenvalue weighted by Gasteiger charge is -2.31. The normalized spacial score (nSPS) is 43.0. The maximum absolute atomic E-state index is 3.43. The van der Waals surface area contributed by atoms with Crippen molar-refractivity contribution in [2.24, 2.45) is 5.92 Å². The van der Waals surface area contributed by atoms with Crippen molar-refractivity contribution in [3.05, 3.63) is 12.2 Å². The summed E-state index contributed by atoms with van der Waals surface area (Å²) in [7, 11) is 0. The van der Waals surface area contributed by atoms with E-state index in [2.05, 4.69) is 17.5 Å². The van der Waals surface area contributed by atoms with Gasteiger partial charge >= 0.3 is 0 Å². The second-order valence-electron chi connectivity index (χ2n) is 2.74. The first kappa shape index (κ1) is 4.57. The summed E-state index contributed by atoms with van der Waals surface area (Å²) < 4.78 is 0. The molecule has 0 amide bonds. The predicted octanol–water partition coefficient (Wildman–Crippen LogP) is 0.924. The number of rotatable bonds is 0.